The second-order valence-corrected chi connectivity index (χ2v) is 7.07. The highest BCUT2D eigenvalue weighted by atomic mass is 19.4. The molecule has 4 unspecified atom stereocenters. The summed E-state index contributed by atoms with van der Waals surface area (Å²) in [4.78, 5) is 0. The van der Waals surface area contributed by atoms with Crippen molar-refractivity contribution < 1.29 is 110 Å². The second kappa shape index (κ2) is 10.6. The molecule has 25 heteroatoms. The van der Waals surface area contributed by atoms with Crippen LogP contribution in [0.15, 0.2) is 0 Å². The molecule has 1 nitrogen and oxygen atoms in total. The molecule has 0 aromatic rings. The minimum Gasteiger partial charge on any atom is -0.245 e. The maximum atomic E-state index is 13.4. The standard InChI is InChI=1S/C14H6F24O/c15-1(3(17)18)7(23,24)9(27,28)5(21)11(31,32)13(35,36)39-14(37,38)12(33,34)6(22)10(29,30)8(25,26)2(16)4(19)20/h1-6H. The van der Waals surface area contributed by atoms with Crippen LogP contribution in [-0.4, -0.2) is 85.3 Å². The SMILES string of the molecule is FC(F)C(F)C(F)(F)C(F)(F)C(F)C(F)(F)C(F)(F)OC(F)(F)C(F)(F)C(F)C(F)(F)C(F)(F)C(F)C(F)F. The third-order valence-electron chi connectivity index (χ3n) is 4.33. The molecule has 0 amide bonds. The predicted octanol–water partition coefficient (Wildman–Crippen LogP) is 7.88. The molecule has 39 heavy (non-hydrogen) atoms. The number of ether oxygens (including phenoxy) is 1. The van der Waals surface area contributed by atoms with Gasteiger partial charge in [-0.2, -0.15) is 70.2 Å². The summed E-state index contributed by atoms with van der Waals surface area (Å²) in [5.74, 6) is -46.6. The number of hydrogen-bond donors (Lipinski definition) is 0. The normalized spacial score (nSPS) is 18.9. The molecular formula is C14H6F24O. The third-order valence-corrected chi connectivity index (χ3v) is 4.33. The van der Waals surface area contributed by atoms with Gasteiger partial charge in [0.1, 0.15) is 0 Å². The molecule has 4 atom stereocenters. The summed E-state index contributed by atoms with van der Waals surface area (Å²) in [7, 11) is 0. The van der Waals surface area contributed by atoms with Crippen molar-refractivity contribution in [1.29, 1.82) is 0 Å². The number of rotatable bonds is 14. The van der Waals surface area contributed by atoms with Gasteiger partial charge in [-0.15, -0.1) is 0 Å². The van der Waals surface area contributed by atoms with Crippen LogP contribution in [0.3, 0.4) is 0 Å². The number of halogens is 24. The van der Waals surface area contributed by atoms with E-state index < -0.39 is 85.3 Å². The number of alkyl halides is 24. The van der Waals surface area contributed by atoms with E-state index in [1.807, 2.05) is 0 Å². The summed E-state index contributed by atoms with van der Waals surface area (Å²) in [5.41, 5.74) is 0. The Labute approximate surface area is 197 Å². The van der Waals surface area contributed by atoms with Crippen molar-refractivity contribution in [1.82, 2.24) is 0 Å². The molecule has 0 fully saturated rings. The molecule has 0 aromatic heterocycles. The fourth-order valence-corrected chi connectivity index (χ4v) is 2.07. The lowest BCUT2D eigenvalue weighted by atomic mass is 9.96. The highest BCUT2D eigenvalue weighted by Crippen LogP contribution is 2.56. The average molecular weight is 646 g/mol. The summed E-state index contributed by atoms with van der Waals surface area (Å²) >= 11 is 0. The van der Waals surface area contributed by atoms with Crippen molar-refractivity contribution >= 4 is 0 Å². The number of hydrogen-bond acceptors (Lipinski definition) is 1. The van der Waals surface area contributed by atoms with Crippen LogP contribution in [0.25, 0.3) is 0 Å². The minimum atomic E-state index is -8.17. The molecule has 0 rings (SSSR count). The van der Waals surface area contributed by atoms with E-state index in [2.05, 4.69) is 0 Å². The van der Waals surface area contributed by atoms with Crippen LogP contribution in [0.5, 0.6) is 0 Å². The van der Waals surface area contributed by atoms with E-state index >= 15 is 0 Å². The molecule has 0 saturated heterocycles. The van der Waals surface area contributed by atoms with Crippen LogP contribution in [0.2, 0.25) is 0 Å². The summed E-state index contributed by atoms with van der Waals surface area (Å²) in [6.07, 6.45) is -52.0. The fourth-order valence-electron chi connectivity index (χ4n) is 2.07. The molecular weight excluding hydrogens is 640 g/mol. The smallest absolute Gasteiger partial charge is 0.245 e. The molecule has 0 bridgehead atoms. The Balaban J connectivity index is 6.48. The Morgan fingerprint density at radius 1 is 0.308 bits per heavy atom. The van der Waals surface area contributed by atoms with E-state index in [1.165, 1.54) is 0 Å². The Bertz CT molecular complexity index is 754. The largest absolute Gasteiger partial charge is 0.427 e. The van der Waals surface area contributed by atoms with Crippen LogP contribution < -0.4 is 0 Å². The van der Waals surface area contributed by atoms with Gasteiger partial charge in [0, 0.05) is 0 Å². The van der Waals surface area contributed by atoms with Gasteiger partial charge in [0.2, 0.25) is 24.7 Å². The molecule has 0 aliphatic rings. The van der Waals surface area contributed by atoms with Crippen molar-refractivity contribution in [3.63, 3.8) is 0 Å². The van der Waals surface area contributed by atoms with E-state index in [1.54, 1.807) is 0 Å². The highest BCUT2D eigenvalue weighted by molar-refractivity contribution is 5.06. The fraction of sp³-hybridized carbons (Fsp3) is 1.00. The average Bonchev–Trinajstić information content (AvgIpc) is 2.74. The Hall–Kier alpha value is -1.72. The zero-order valence-corrected chi connectivity index (χ0v) is 16.9. The minimum absolute atomic E-state index is 1.14. The molecule has 236 valence electrons. The van der Waals surface area contributed by atoms with Gasteiger partial charge in [-0.3, -0.25) is 0 Å². The van der Waals surface area contributed by atoms with Gasteiger partial charge in [0.05, 0.1) is 0 Å². The highest BCUT2D eigenvalue weighted by Gasteiger charge is 2.83. The summed E-state index contributed by atoms with van der Waals surface area (Å²) in [5, 5.41) is 0. The topological polar surface area (TPSA) is 9.23 Å². The first-order chi connectivity index (χ1) is 16.7. The molecule has 0 heterocycles. The first kappa shape index (κ1) is 37.3. The van der Waals surface area contributed by atoms with Gasteiger partial charge in [0.25, 0.3) is 12.9 Å². The summed E-state index contributed by atoms with van der Waals surface area (Å²) < 4.78 is 312. The maximum absolute atomic E-state index is 13.4. The van der Waals surface area contributed by atoms with Crippen LogP contribution in [0.1, 0.15) is 0 Å². The van der Waals surface area contributed by atoms with Crippen molar-refractivity contribution in [2.45, 2.75) is 85.3 Å². The van der Waals surface area contributed by atoms with Gasteiger partial charge in [-0.05, 0) is 0 Å². The lowest BCUT2D eigenvalue weighted by Crippen LogP contribution is -2.67. The van der Waals surface area contributed by atoms with Crippen molar-refractivity contribution in [2.75, 3.05) is 0 Å². The molecule has 0 N–H and O–H groups in total. The first-order valence-corrected chi connectivity index (χ1v) is 8.58. The zero-order chi connectivity index (χ0) is 32.2. The Morgan fingerprint density at radius 3 is 0.692 bits per heavy atom. The van der Waals surface area contributed by atoms with E-state index in [4.69, 9.17) is 0 Å². The molecule has 0 spiro atoms. The second-order valence-electron chi connectivity index (χ2n) is 7.07. The maximum Gasteiger partial charge on any atom is 0.427 e. The molecule has 0 aliphatic carbocycles. The van der Waals surface area contributed by atoms with E-state index in [0.717, 1.165) is 4.74 Å². The van der Waals surface area contributed by atoms with Gasteiger partial charge < -0.3 is 0 Å². The Morgan fingerprint density at radius 2 is 0.513 bits per heavy atom. The molecule has 0 radical (unpaired) electrons. The zero-order valence-electron chi connectivity index (χ0n) is 16.9. The van der Waals surface area contributed by atoms with Crippen LogP contribution >= 0.6 is 0 Å². The summed E-state index contributed by atoms with van der Waals surface area (Å²) in [6.45, 7) is 0. The van der Waals surface area contributed by atoms with Crippen LogP contribution in [0, 0.1) is 0 Å². The van der Waals surface area contributed by atoms with E-state index in [-0.39, 0.29) is 0 Å². The van der Waals surface area contributed by atoms with Crippen LogP contribution in [0.4, 0.5) is 105 Å². The van der Waals surface area contributed by atoms with Crippen molar-refractivity contribution in [3.8, 4) is 0 Å². The van der Waals surface area contributed by atoms with Crippen molar-refractivity contribution in [3.05, 3.63) is 0 Å². The first-order valence-electron chi connectivity index (χ1n) is 8.58. The summed E-state index contributed by atoms with van der Waals surface area (Å²) in [6, 6.07) is 0. The Kier molecular flexibility index (Phi) is 10.1. The lowest BCUT2D eigenvalue weighted by Gasteiger charge is -2.39. The molecule has 0 aliphatic heterocycles. The van der Waals surface area contributed by atoms with E-state index in [9.17, 15) is 105 Å². The van der Waals surface area contributed by atoms with Crippen LogP contribution in [-0.2, 0) is 4.74 Å². The predicted molar refractivity (Wildman–Crippen MR) is 72.3 cm³/mol. The lowest BCUT2D eigenvalue weighted by molar-refractivity contribution is -0.489. The third kappa shape index (κ3) is 6.00. The van der Waals surface area contributed by atoms with Gasteiger partial charge in [-0.1, -0.05) is 0 Å². The monoisotopic (exact) mass is 646 g/mol. The van der Waals surface area contributed by atoms with Gasteiger partial charge in [-0.25, -0.2) is 39.9 Å². The molecule has 0 aromatic carbocycles. The molecule has 0 saturated carbocycles. The van der Waals surface area contributed by atoms with Gasteiger partial charge in [0.15, 0.2) is 0 Å². The van der Waals surface area contributed by atoms with E-state index in [0.29, 0.717) is 0 Å². The van der Waals surface area contributed by atoms with Crippen molar-refractivity contribution in [2.24, 2.45) is 0 Å². The quantitative estimate of drug-likeness (QED) is 0.175. The van der Waals surface area contributed by atoms with Gasteiger partial charge >= 0.3 is 47.8 Å².